The number of aliphatic hydroxyl groups excluding tert-OH is 2. The molecule has 0 aliphatic rings. The van der Waals surface area contributed by atoms with Gasteiger partial charge < -0.3 is 20.7 Å². The lowest BCUT2D eigenvalue weighted by Gasteiger charge is -2.02. The molecule has 7 heteroatoms. The molecule has 0 aliphatic heterocycles. The second-order valence-corrected chi connectivity index (χ2v) is 1.48. The van der Waals surface area contributed by atoms with Gasteiger partial charge in [-0.3, -0.25) is 0 Å². The first-order valence-electron chi connectivity index (χ1n) is 2.84. The molecule has 0 saturated heterocycles. The van der Waals surface area contributed by atoms with E-state index >= 15 is 0 Å². The standard InChI is InChI=1S/C4H11NO3.H2N3/c5-4(7)3-8-2-1-6;1-3-2/h4,6-7H,1-3,5H2;1-2H/q;+1. The Hall–Kier alpha value is -0.850. The Labute approximate surface area is 63.8 Å². The first kappa shape index (κ1) is 12.8. The molecule has 6 N–H and O–H groups in total. The summed E-state index contributed by atoms with van der Waals surface area (Å²) < 4.78 is 4.62. The van der Waals surface area contributed by atoms with Crippen LogP contribution in [0.15, 0.2) is 0 Å². The predicted molar refractivity (Wildman–Crippen MR) is 35.7 cm³/mol. The summed E-state index contributed by atoms with van der Waals surface area (Å²) in [6.07, 6.45) is -0.929. The number of aliphatic hydroxyl groups is 2. The lowest BCUT2D eigenvalue weighted by atomic mass is 10.6. The average Bonchev–Trinajstić information content (AvgIpc) is 1.89. The molecule has 0 spiro atoms. The molecule has 0 fully saturated rings. The Morgan fingerprint density at radius 3 is 2.27 bits per heavy atom. The molecular formula is C4H13N4O3+. The monoisotopic (exact) mass is 165 g/mol. The van der Waals surface area contributed by atoms with Crippen LogP contribution in [0.25, 0.3) is 0 Å². The van der Waals surface area contributed by atoms with Crippen LogP contribution in [0.2, 0.25) is 0 Å². The van der Waals surface area contributed by atoms with Gasteiger partial charge in [-0.25, -0.2) is 0 Å². The van der Waals surface area contributed by atoms with Gasteiger partial charge in [0, 0.05) is 0 Å². The van der Waals surface area contributed by atoms with Crippen LogP contribution in [0, 0.1) is 11.1 Å². The zero-order chi connectivity index (χ0) is 9.11. The average molecular weight is 165 g/mol. The predicted octanol–water partition coefficient (Wildman–Crippen LogP) is -1.61. The van der Waals surface area contributed by atoms with E-state index in [-0.39, 0.29) is 19.8 Å². The zero-order valence-electron chi connectivity index (χ0n) is 6.03. The van der Waals surface area contributed by atoms with Crippen molar-refractivity contribution in [3.63, 3.8) is 0 Å². The molecule has 0 aromatic rings. The van der Waals surface area contributed by atoms with Crippen LogP contribution in [-0.4, -0.2) is 36.3 Å². The van der Waals surface area contributed by atoms with Crippen molar-refractivity contribution in [1.82, 2.24) is 4.91 Å². The van der Waals surface area contributed by atoms with E-state index in [0.717, 1.165) is 0 Å². The fourth-order valence-electron chi connectivity index (χ4n) is 0.269. The summed E-state index contributed by atoms with van der Waals surface area (Å²) in [6.45, 7) is 0.279. The minimum atomic E-state index is -0.929. The Balaban J connectivity index is 0. The molecule has 0 aliphatic carbocycles. The maximum atomic E-state index is 8.35. The van der Waals surface area contributed by atoms with Gasteiger partial charge in [-0.05, 0) is 0 Å². The minimum Gasteiger partial charge on any atom is -0.394 e. The number of nitrogens with two attached hydrogens (primary N) is 1. The van der Waals surface area contributed by atoms with Crippen LogP contribution in [0.5, 0.6) is 0 Å². The number of rotatable bonds is 4. The molecule has 0 amide bonds. The second kappa shape index (κ2) is 11.9. The molecule has 7 nitrogen and oxygen atoms in total. The summed E-state index contributed by atoms with van der Waals surface area (Å²) in [5.41, 5.74) is 15.9. The van der Waals surface area contributed by atoms with Crippen molar-refractivity contribution in [3.05, 3.63) is 0 Å². The highest BCUT2D eigenvalue weighted by Crippen LogP contribution is 1.74. The smallest absolute Gasteiger partial charge is 0.211 e. The van der Waals surface area contributed by atoms with Crippen molar-refractivity contribution in [3.8, 4) is 0 Å². The third-order valence-corrected chi connectivity index (χ3v) is 0.524. The normalized spacial score (nSPS) is 10.8. The molecule has 0 saturated carbocycles. The van der Waals surface area contributed by atoms with Gasteiger partial charge in [0.25, 0.3) is 0 Å². The van der Waals surface area contributed by atoms with E-state index in [0.29, 0.717) is 0 Å². The van der Waals surface area contributed by atoms with Crippen molar-refractivity contribution in [1.29, 1.82) is 11.1 Å². The van der Waals surface area contributed by atoms with E-state index in [1.54, 1.807) is 0 Å². The summed E-state index contributed by atoms with van der Waals surface area (Å²) in [5.74, 6) is 0. The van der Waals surface area contributed by atoms with Crippen molar-refractivity contribution in [2.24, 2.45) is 5.73 Å². The quantitative estimate of drug-likeness (QED) is 0.148. The number of nitrogens with zero attached hydrogens (tertiary/aromatic N) is 1. The molecule has 0 aromatic carbocycles. The first-order chi connectivity index (χ1) is 5.18. The Kier molecular flexibility index (Phi) is 13.8. The van der Waals surface area contributed by atoms with Crippen LogP contribution in [-0.2, 0) is 4.74 Å². The van der Waals surface area contributed by atoms with Gasteiger partial charge in [0.2, 0.25) is 4.91 Å². The SMILES string of the molecule is N=[N+]=N.NC(O)COCCO. The van der Waals surface area contributed by atoms with E-state index in [2.05, 4.69) is 4.74 Å². The van der Waals surface area contributed by atoms with Gasteiger partial charge in [-0.1, -0.05) is 0 Å². The van der Waals surface area contributed by atoms with E-state index in [9.17, 15) is 0 Å². The summed E-state index contributed by atoms with van der Waals surface area (Å²) in [5, 5.41) is 16.5. The lowest BCUT2D eigenvalue weighted by Crippen LogP contribution is -2.25. The third-order valence-electron chi connectivity index (χ3n) is 0.524. The van der Waals surface area contributed by atoms with Gasteiger partial charge in [-0.15, -0.1) is 0 Å². The molecule has 1 atom stereocenters. The van der Waals surface area contributed by atoms with E-state index in [4.69, 9.17) is 27.0 Å². The zero-order valence-corrected chi connectivity index (χ0v) is 6.03. The third kappa shape index (κ3) is 27.2. The van der Waals surface area contributed by atoms with E-state index in [1.165, 1.54) is 0 Å². The largest absolute Gasteiger partial charge is 0.394 e. The first-order valence-corrected chi connectivity index (χ1v) is 2.84. The van der Waals surface area contributed by atoms with Gasteiger partial charge in [0.05, 0.1) is 19.8 Å². The van der Waals surface area contributed by atoms with Gasteiger partial charge in [0.1, 0.15) is 17.3 Å². The van der Waals surface area contributed by atoms with Crippen LogP contribution >= 0.6 is 0 Å². The highest BCUT2D eigenvalue weighted by atomic mass is 16.5. The highest BCUT2D eigenvalue weighted by Gasteiger charge is 1.92. The molecule has 0 bridgehead atoms. The van der Waals surface area contributed by atoms with Gasteiger partial charge >= 0.3 is 0 Å². The number of hydrogen-bond acceptors (Lipinski definition) is 6. The molecule has 0 heterocycles. The van der Waals surface area contributed by atoms with Crippen molar-refractivity contribution >= 4 is 0 Å². The second-order valence-electron chi connectivity index (χ2n) is 1.48. The molecule has 0 rings (SSSR count). The topological polar surface area (TPSA) is 138 Å². The fraction of sp³-hybridized carbons (Fsp3) is 1.00. The van der Waals surface area contributed by atoms with Gasteiger partial charge in [-0.2, -0.15) is 0 Å². The van der Waals surface area contributed by atoms with Crippen LogP contribution in [0.1, 0.15) is 0 Å². The maximum absolute atomic E-state index is 8.35. The fourth-order valence-corrected chi connectivity index (χ4v) is 0.269. The van der Waals surface area contributed by atoms with Crippen molar-refractivity contribution in [2.45, 2.75) is 6.23 Å². The van der Waals surface area contributed by atoms with Crippen molar-refractivity contribution < 1.29 is 14.9 Å². The molecule has 11 heavy (non-hydrogen) atoms. The Bertz CT molecular complexity index is 102. The summed E-state index contributed by atoms with van der Waals surface area (Å²) in [4.78, 5) is 2.00. The van der Waals surface area contributed by atoms with Gasteiger partial charge in [0.15, 0.2) is 0 Å². The molecule has 0 radical (unpaired) electrons. The molecular weight excluding hydrogens is 152 g/mol. The summed E-state index contributed by atoms with van der Waals surface area (Å²) in [6, 6.07) is 0. The van der Waals surface area contributed by atoms with E-state index in [1.807, 2.05) is 4.91 Å². The minimum absolute atomic E-state index is 0.0350. The molecule has 0 aromatic heterocycles. The number of hydrogen-bond donors (Lipinski definition) is 5. The van der Waals surface area contributed by atoms with Crippen LogP contribution < -0.4 is 10.6 Å². The molecule has 66 valence electrons. The number of nitrogens with one attached hydrogen (secondary N) is 2. The summed E-state index contributed by atoms with van der Waals surface area (Å²) >= 11 is 0. The number of ether oxygens (including phenoxy) is 1. The Morgan fingerprint density at radius 2 is 2.00 bits per heavy atom. The lowest BCUT2D eigenvalue weighted by molar-refractivity contribution is 0.0243. The molecule has 1 unspecified atom stereocenters. The van der Waals surface area contributed by atoms with Crippen molar-refractivity contribution in [2.75, 3.05) is 19.8 Å². The van der Waals surface area contributed by atoms with E-state index < -0.39 is 6.23 Å². The van der Waals surface area contributed by atoms with Crippen LogP contribution in [0.4, 0.5) is 0 Å². The summed E-state index contributed by atoms with van der Waals surface area (Å²) in [7, 11) is 0. The highest BCUT2D eigenvalue weighted by molar-refractivity contribution is 4.37. The maximum Gasteiger partial charge on any atom is 0.211 e. The van der Waals surface area contributed by atoms with Crippen LogP contribution in [0.3, 0.4) is 0 Å². The Morgan fingerprint density at radius 1 is 1.55 bits per heavy atom.